The second-order valence-corrected chi connectivity index (χ2v) is 19.5. The van der Waals surface area contributed by atoms with Crippen molar-refractivity contribution in [1.29, 1.82) is 0 Å². The van der Waals surface area contributed by atoms with Gasteiger partial charge in [0.05, 0.1) is 18.8 Å². The van der Waals surface area contributed by atoms with Crippen LogP contribution in [-0.4, -0.2) is 47.3 Å². The van der Waals surface area contributed by atoms with E-state index >= 15 is 0 Å². The summed E-state index contributed by atoms with van der Waals surface area (Å²) in [5.41, 5.74) is 6.41. The highest BCUT2D eigenvalue weighted by molar-refractivity contribution is 5.75. The van der Waals surface area contributed by atoms with Gasteiger partial charge < -0.3 is 30.1 Å². The highest BCUT2D eigenvalue weighted by Gasteiger charge is 2.51. The van der Waals surface area contributed by atoms with Gasteiger partial charge in [0.25, 0.3) is 0 Å². The summed E-state index contributed by atoms with van der Waals surface area (Å²) < 4.78 is 13.9. The van der Waals surface area contributed by atoms with Crippen LogP contribution < -0.4 is 10.6 Å². The molecular weight excluding hydrogens is 743 g/mol. The molecule has 328 valence electrons. The standard InChI is InChI=1S/C53H77N3O4/c1-4-6-8-10-12-14-27-56(28-15-13-11-9-7-5-2)37-49-39(3)50(46-21-19-40(38-57)20-22-46)60-51(59-49)47-25-23-45(24-26-47)48-18-16-17-41(32-48)36-54-52(58)55-53-33-42-29-43(34-53)31-44(30-42)35-53/h16-26,32,39,42-44,49-51,57H,4-15,27-31,33-38H2,1-3H3,(H2,54,55,58)/t39-,42?,43?,44?,49+,50+,51+,53?/m0/s1. The highest BCUT2D eigenvalue weighted by atomic mass is 16.7. The molecule has 0 unspecified atom stereocenters. The maximum absolute atomic E-state index is 13.2. The molecule has 4 saturated carbocycles. The van der Waals surface area contributed by atoms with Gasteiger partial charge in [0.15, 0.2) is 6.29 Å². The summed E-state index contributed by atoms with van der Waals surface area (Å²) in [5.74, 6) is 2.56. The molecule has 5 aliphatic rings. The van der Waals surface area contributed by atoms with Crippen molar-refractivity contribution in [3.63, 3.8) is 0 Å². The molecule has 8 rings (SSSR count). The molecule has 4 aliphatic carbocycles. The van der Waals surface area contributed by atoms with Gasteiger partial charge in [-0.05, 0) is 116 Å². The summed E-state index contributed by atoms with van der Waals surface area (Å²) in [6.45, 7) is 10.5. The molecule has 7 heteroatoms. The van der Waals surface area contributed by atoms with Crippen molar-refractivity contribution in [1.82, 2.24) is 15.5 Å². The summed E-state index contributed by atoms with van der Waals surface area (Å²) >= 11 is 0. The Morgan fingerprint density at radius 2 is 1.28 bits per heavy atom. The number of carbonyl (C=O) groups excluding carboxylic acids is 1. The summed E-state index contributed by atoms with van der Waals surface area (Å²) in [5, 5.41) is 16.4. The molecule has 3 aromatic rings. The number of urea groups is 1. The van der Waals surface area contributed by atoms with Crippen LogP contribution >= 0.6 is 0 Å². The molecule has 4 bridgehead atoms. The third kappa shape index (κ3) is 12.2. The second-order valence-electron chi connectivity index (χ2n) is 19.5. The van der Waals surface area contributed by atoms with E-state index in [2.05, 4.69) is 97.0 Å². The smallest absolute Gasteiger partial charge is 0.315 e. The number of hydrogen-bond acceptors (Lipinski definition) is 5. The lowest BCUT2D eigenvalue weighted by molar-refractivity contribution is -0.276. The number of benzene rings is 3. The molecule has 60 heavy (non-hydrogen) atoms. The number of nitrogens with zero attached hydrogens (tertiary/aromatic N) is 1. The van der Waals surface area contributed by atoms with Crippen LogP contribution in [0.15, 0.2) is 72.8 Å². The number of hydrogen-bond donors (Lipinski definition) is 3. The molecule has 1 saturated heterocycles. The minimum Gasteiger partial charge on any atom is -0.392 e. The lowest BCUT2D eigenvalue weighted by atomic mass is 9.53. The SMILES string of the molecule is CCCCCCCCN(CCCCCCCC)C[C@H]1O[C@@H](c2ccc(-c3cccc(CNC(=O)NC45CC6CC(CC(C6)C4)C5)c3)cc2)O[C@@H](c2ccc(CO)cc2)[C@H]1C. The second kappa shape index (κ2) is 22.2. The van der Waals surface area contributed by atoms with Crippen LogP contribution in [0.3, 0.4) is 0 Å². The van der Waals surface area contributed by atoms with E-state index in [4.69, 9.17) is 9.47 Å². The maximum Gasteiger partial charge on any atom is 0.315 e. The van der Waals surface area contributed by atoms with E-state index < -0.39 is 6.29 Å². The van der Waals surface area contributed by atoms with E-state index in [1.54, 1.807) is 0 Å². The fourth-order valence-electron chi connectivity index (χ4n) is 11.5. The molecule has 2 amide bonds. The van der Waals surface area contributed by atoms with E-state index in [0.717, 1.165) is 90.0 Å². The molecule has 1 heterocycles. The lowest BCUT2D eigenvalue weighted by Crippen LogP contribution is -2.61. The Morgan fingerprint density at radius 1 is 0.700 bits per heavy atom. The van der Waals surface area contributed by atoms with E-state index in [0.29, 0.717) is 6.54 Å². The molecule has 0 spiro atoms. The molecule has 0 aromatic heterocycles. The van der Waals surface area contributed by atoms with E-state index in [1.807, 2.05) is 12.1 Å². The third-order valence-electron chi connectivity index (χ3n) is 14.5. The number of carbonyl (C=O) groups is 1. The summed E-state index contributed by atoms with van der Waals surface area (Å²) in [4.78, 5) is 15.9. The van der Waals surface area contributed by atoms with Crippen LogP contribution in [0.4, 0.5) is 4.79 Å². The van der Waals surface area contributed by atoms with Gasteiger partial charge >= 0.3 is 6.03 Å². The Bertz CT molecular complexity index is 1690. The fourth-order valence-corrected chi connectivity index (χ4v) is 11.5. The van der Waals surface area contributed by atoms with Crippen LogP contribution in [0.2, 0.25) is 0 Å². The Morgan fingerprint density at radius 3 is 1.88 bits per heavy atom. The summed E-state index contributed by atoms with van der Waals surface area (Å²) in [6, 6.07) is 25.4. The van der Waals surface area contributed by atoms with Gasteiger partial charge in [-0.15, -0.1) is 0 Å². The average molecular weight is 820 g/mol. The first-order valence-electron chi connectivity index (χ1n) is 24.3. The number of amides is 2. The van der Waals surface area contributed by atoms with Gasteiger partial charge in [0.1, 0.15) is 0 Å². The van der Waals surface area contributed by atoms with Gasteiger partial charge in [-0.1, -0.05) is 152 Å². The predicted octanol–water partition coefficient (Wildman–Crippen LogP) is 12.4. The van der Waals surface area contributed by atoms with E-state index in [9.17, 15) is 9.90 Å². The number of aliphatic hydroxyl groups is 1. The number of nitrogens with one attached hydrogen (secondary N) is 2. The third-order valence-corrected chi connectivity index (χ3v) is 14.5. The Labute approximate surface area is 362 Å². The molecule has 5 fully saturated rings. The van der Waals surface area contributed by atoms with Crippen molar-refractivity contribution in [2.45, 2.75) is 174 Å². The summed E-state index contributed by atoms with van der Waals surface area (Å²) in [6.07, 6.45) is 22.6. The zero-order valence-corrected chi connectivity index (χ0v) is 37.4. The first kappa shape index (κ1) is 44.8. The van der Waals surface area contributed by atoms with Crippen LogP contribution in [0.5, 0.6) is 0 Å². The van der Waals surface area contributed by atoms with Gasteiger partial charge in [0.2, 0.25) is 0 Å². The zero-order chi connectivity index (χ0) is 41.7. The zero-order valence-electron chi connectivity index (χ0n) is 37.4. The molecular formula is C53H77N3O4. The van der Waals surface area contributed by atoms with Crippen LogP contribution in [0.25, 0.3) is 11.1 Å². The van der Waals surface area contributed by atoms with Gasteiger partial charge in [-0.3, -0.25) is 0 Å². The summed E-state index contributed by atoms with van der Waals surface area (Å²) in [7, 11) is 0. The quantitative estimate of drug-likeness (QED) is 0.0830. The minimum absolute atomic E-state index is 0.00968. The maximum atomic E-state index is 13.2. The molecule has 0 radical (unpaired) electrons. The average Bonchev–Trinajstić information content (AvgIpc) is 3.25. The van der Waals surface area contributed by atoms with Crippen LogP contribution in [-0.2, 0) is 22.6 Å². The van der Waals surface area contributed by atoms with Crippen LogP contribution in [0, 0.1) is 23.7 Å². The Balaban J connectivity index is 1.00. The Hall–Kier alpha value is -3.23. The first-order valence-corrected chi connectivity index (χ1v) is 24.3. The van der Waals surface area contributed by atoms with Crippen molar-refractivity contribution in [3.8, 4) is 11.1 Å². The number of unbranched alkanes of at least 4 members (excludes halogenated alkanes) is 10. The fraction of sp³-hybridized carbons (Fsp3) is 0.642. The van der Waals surface area contributed by atoms with Crippen LogP contribution in [0.1, 0.15) is 171 Å². The molecule has 7 nitrogen and oxygen atoms in total. The number of ether oxygens (including phenoxy) is 2. The molecule has 1 aliphatic heterocycles. The predicted molar refractivity (Wildman–Crippen MR) is 244 cm³/mol. The van der Waals surface area contributed by atoms with Crippen molar-refractivity contribution >= 4 is 6.03 Å². The van der Waals surface area contributed by atoms with Gasteiger partial charge in [-0.2, -0.15) is 0 Å². The topological polar surface area (TPSA) is 83.1 Å². The van der Waals surface area contributed by atoms with E-state index in [-0.39, 0.29) is 36.3 Å². The minimum atomic E-state index is -0.490. The van der Waals surface area contributed by atoms with Gasteiger partial charge in [-0.25, -0.2) is 4.79 Å². The van der Waals surface area contributed by atoms with Crippen molar-refractivity contribution in [2.24, 2.45) is 23.7 Å². The first-order chi connectivity index (χ1) is 29.3. The lowest BCUT2D eigenvalue weighted by Gasteiger charge is -2.56. The molecule has 3 aromatic carbocycles. The Kier molecular flexibility index (Phi) is 16.6. The highest BCUT2D eigenvalue weighted by Crippen LogP contribution is 2.55. The monoisotopic (exact) mass is 820 g/mol. The van der Waals surface area contributed by atoms with E-state index in [1.165, 1.54) is 96.3 Å². The largest absolute Gasteiger partial charge is 0.392 e. The van der Waals surface area contributed by atoms with Crippen molar-refractivity contribution < 1.29 is 19.4 Å². The molecule has 4 atom stereocenters. The number of aliphatic hydroxyl groups excluding tert-OH is 1. The number of rotatable bonds is 23. The van der Waals surface area contributed by atoms with Crippen molar-refractivity contribution in [2.75, 3.05) is 19.6 Å². The van der Waals surface area contributed by atoms with Crippen molar-refractivity contribution in [3.05, 3.63) is 95.1 Å². The normalized spacial score (nSPS) is 27.1. The molecule has 3 N–H and O–H groups in total. The van der Waals surface area contributed by atoms with Gasteiger partial charge in [0, 0.05) is 30.1 Å².